The van der Waals surface area contributed by atoms with Gasteiger partial charge >= 0.3 is 0 Å². The van der Waals surface area contributed by atoms with Crippen LogP contribution < -0.4 is 0 Å². The molecule has 0 spiro atoms. The Morgan fingerprint density at radius 1 is 1.15 bits per heavy atom. The Hall–Kier alpha value is -0.720. The number of rotatable bonds is 0. The van der Waals surface area contributed by atoms with Gasteiger partial charge in [0.05, 0.1) is 0 Å². The quantitative estimate of drug-likeness (QED) is 0.549. The molecule has 0 saturated carbocycles. The van der Waals surface area contributed by atoms with E-state index in [0.717, 1.165) is 0 Å². The molecule has 0 aromatic heterocycles. The van der Waals surface area contributed by atoms with E-state index in [1.807, 2.05) is 0 Å². The van der Waals surface area contributed by atoms with E-state index >= 15 is 0 Å². The third-order valence-corrected chi connectivity index (χ3v) is 3.20. The lowest BCUT2D eigenvalue weighted by Crippen LogP contribution is -2.19. The summed E-state index contributed by atoms with van der Waals surface area (Å²) in [5.74, 6) is 0. The van der Waals surface area contributed by atoms with E-state index < -0.39 is 0 Å². The second kappa shape index (κ2) is 3.57. The fourth-order valence-electron chi connectivity index (χ4n) is 2.38. The van der Waals surface area contributed by atoms with Gasteiger partial charge in [-0.3, -0.25) is 0 Å². The molecule has 0 saturated heterocycles. The molecule has 0 aromatic carbocycles. The van der Waals surface area contributed by atoms with Gasteiger partial charge in [0.2, 0.25) is 0 Å². The molecule has 72 valence electrons. The molecule has 2 aliphatic rings. The summed E-state index contributed by atoms with van der Waals surface area (Å²) < 4.78 is 0. The van der Waals surface area contributed by atoms with Crippen LogP contribution in [-0.2, 0) is 0 Å². The first-order valence-corrected chi connectivity index (χ1v) is 5.38. The van der Waals surface area contributed by atoms with Crippen molar-refractivity contribution in [1.29, 1.82) is 0 Å². The molecular weight excluding hydrogens is 158 g/mol. The van der Waals surface area contributed by atoms with Crippen molar-refractivity contribution in [2.45, 2.75) is 39.0 Å². The molecule has 0 atom stereocenters. The first kappa shape index (κ1) is 8.86. The standard InChI is InChI=1S/C12H19N/c1-10-6-7-12-11(9-10)5-3-4-8-13(12)2/h9H,3-8H2,1-2H3. The van der Waals surface area contributed by atoms with Crippen LogP contribution >= 0.6 is 0 Å². The first-order valence-electron chi connectivity index (χ1n) is 5.38. The lowest BCUT2D eigenvalue weighted by molar-refractivity contribution is 0.397. The maximum Gasteiger partial charge on any atom is 0.0171 e. The molecule has 1 aliphatic carbocycles. The smallest absolute Gasteiger partial charge is 0.0171 e. The fraction of sp³-hybridized carbons (Fsp3) is 0.667. The van der Waals surface area contributed by atoms with E-state index in [0.29, 0.717) is 0 Å². The molecule has 0 N–H and O–H groups in total. The van der Waals surface area contributed by atoms with Gasteiger partial charge in [-0.1, -0.05) is 11.6 Å². The second-order valence-corrected chi connectivity index (χ2v) is 4.34. The van der Waals surface area contributed by atoms with E-state index in [1.165, 1.54) is 38.6 Å². The lowest BCUT2D eigenvalue weighted by Gasteiger charge is -2.25. The average molecular weight is 177 g/mol. The third-order valence-electron chi connectivity index (χ3n) is 3.20. The third kappa shape index (κ3) is 1.79. The van der Waals surface area contributed by atoms with Gasteiger partial charge in [0.1, 0.15) is 0 Å². The van der Waals surface area contributed by atoms with Crippen LogP contribution in [0.4, 0.5) is 0 Å². The molecular formula is C12H19N. The molecule has 2 rings (SSSR count). The number of nitrogens with zero attached hydrogens (tertiary/aromatic N) is 1. The number of hydrogen-bond donors (Lipinski definition) is 0. The first-order chi connectivity index (χ1) is 6.27. The Morgan fingerprint density at radius 3 is 2.85 bits per heavy atom. The summed E-state index contributed by atoms with van der Waals surface area (Å²) in [5.41, 5.74) is 4.79. The fourth-order valence-corrected chi connectivity index (χ4v) is 2.38. The van der Waals surface area contributed by atoms with E-state index in [1.54, 1.807) is 16.8 Å². The van der Waals surface area contributed by atoms with Gasteiger partial charge in [-0.15, -0.1) is 0 Å². The molecule has 1 heterocycles. The summed E-state index contributed by atoms with van der Waals surface area (Å²) in [6.45, 7) is 3.51. The summed E-state index contributed by atoms with van der Waals surface area (Å²) in [6, 6.07) is 0. The molecule has 13 heavy (non-hydrogen) atoms. The maximum absolute atomic E-state index is 2.46. The Labute approximate surface area is 81.1 Å². The van der Waals surface area contributed by atoms with E-state index in [-0.39, 0.29) is 0 Å². The van der Waals surface area contributed by atoms with Crippen LogP contribution in [0.25, 0.3) is 0 Å². The molecule has 0 aromatic rings. The van der Waals surface area contributed by atoms with Gasteiger partial charge in [-0.25, -0.2) is 0 Å². The lowest BCUT2D eigenvalue weighted by atomic mass is 9.95. The monoisotopic (exact) mass is 177 g/mol. The highest BCUT2D eigenvalue weighted by Crippen LogP contribution is 2.30. The minimum Gasteiger partial charge on any atom is -0.378 e. The highest BCUT2D eigenvalue weighted by molar-refractivity contribution is 5.32. The molecule has 0 unspecified atom stereocenters. The molecule has 1 heteroatoms. The van der Waals surface area contributed by atoms with Crippen molar-refractivity contribution in [3.8, 4) is 0 Å². The SMILES string of the molecule is CC1=CC2=C(CC1)N(C)CCCC2. The van der Waals surface area contributed by atoms with Gasteiger partial charge in [0, 0.05) is 19.3 Å². The van der Waals surface area contributed by atoms with E-state index in [2.05, 4.69) is 24.9 Å². The van der Waals surface area contributed by atoms with Crippen LogP contribution in [0.5, 0.6) is 0 Å². The predicted molar refractivity (Wildman–Crippen MR) is 56.5 cm³/mol. The maximum atomic E-state index is 2.46. The molecule has 0 amide bonds. The topological polar surface area (TPSA) is 3.24 Å². The van der Waals surface area contributed by atoms with Crippen LogP contribution in [-0.4, -0.2) is 18.5 Å². The molecule has 1 aliphatic heterocycles. The Kier molecular flexibility index (Phi) is 2.43. The van der Waals surface area contributed by atoms with Gasteiger partial charge in [0.15, 0.2) is 0 Å². The minimum absolute atomic E-state index is 1.26. The van der Waals surface area contributed by atoms with Crippen molar-refractivity contribution in [3.05, 3.63) is 22.9 Å². The van der Waals surface area contributed by atoms with Crippen molar-refractivity contribution in [2.24, 2.45) is 0 Å². The molecule has 1 nitrogen and oxygen atoms in total. The molecule has 0 radical (unpaired) electrons. The second-order valence-electron chi connectivity index (χ2n) is 4.34. The van der Waals surface area contributed by atoms with Crippen LogP contribution in [0, 0.1) is 0 Å². The van der Waals surface area contributed by atoms with Crippen molar-refractivity contribution in [2.75, 3.05) is 13.6 Å². The van der Waals surface area contributed by atoms with Gasteiger partial charge < -0.3 is 4.90 Å². The Morgan fingerprint density at radius 2 is 2.00 bits per heavy atom. The van der Waals surface area contributed by atoms with Crippen molar-refractivity contribution in [1.82, 2.24) is 4.90 Å². The van der Waals surface area contributed by atoms with Crippen LogP contribution in [0.2, 0.25) is 0 Å². The Balaban J connectivity index is 2.28. The normalized spacial score (nSPS) is 23.8. The van der Waals surface area contributed by atoms with E-state index in [9.17, 15) is 0 Å². The minimum atomic E-state index is 1.26. The zero-order valence-corrected chi connectivity index (χ0v) is 8.77. The van der Waals surface area contributed by atoms with Gasteiger partial charge in [-0.2, -0.15) is 0 Å². The van der Waals surface area contributed by atoms with Crippen molar-refractivity contribution >= 4 is 0 Å². The summed E-state index contributed by atoms with van der Waals surface area (Å²) in [4.78, 5) is 2.46. The van der Waals surface area contributed by atoms with E-state index in [4.69, 9.17) is 0 Å². The summed E-state index contributed by atoms with van der Waals surface area (Å²) in [6.07, 6.45) is 8.98. The van der Waals surface area contributed by atoms with Gasteiger partial charge in [-0.05, 0) is 44.6 Å². The predicted octanol–water partition coefficient (Wildman–Crippen LogP) is 3.10. The van der Waals surface area contributed by atoms with Crippen LogP contribution in [0.3, 0.4) is 0 Å². The summed E-state index contributed by atoms with van der Waals surface area (Å²) in [5, 5.41) is 0. The molecule has 0 fully saturated rings. The van der Waals surface area contributed by atoms with Gasteiger partial charge in [0.25, 0.3) is 0 Å². The van der Waals surface area contributed by atoms with Crippen LogP contribution in [0.1, 0.15) is 39.0 Å². The zero-order chi connectivity index (χ0) is 9.26. The largest absolute Gasteiger partial charge is 0.378 e. The highest BCUT2D eigenvalue weighted by atomic mass is 15.1. The van der Waals surface area contributed by atoms with Crippen molar-refractivity contribution in [3.63, 3.8) is 0 Å². The highest BCUT2D eigenvalue weighted by Gasteiger charge is 2.17. The number of allylic oxidation sites excluding steroid dienone is 4. The summed E-state index contributed by atoms with van der Waals surface area (Å²) in [7, 11) is 2.25. The zero-order valence-electron chi connectivity index (χ0n) is 8.77. The Bertz CT molecular complexity index is 260. The van der Waals surface area contributed by atoms with Crippen LogP contribution in [0.15, 0.2) is 22.9 Å². The number of hydrogen-bond acceptors (Lipinski definition) is 1. The van der Waals surface area contributed by atoms with Crippen molar-refractivity contribution < 1.29 is 0 Å². The molecule has 0 bridgehead atoms. The summed E-state index contributed by atoms with van der Waals surface area (Å²) >= 11 is 0. The average Bonchev–Trinajstić information content (AvgIpc) is 2.28.